The molecule has 1 saturated heterocycles. The van der Waals surface area contributed by atoms with Gasteiger partial charge in [0.15, 0.2) is 0 Å². The van der Waals surface area contributed by atoms with Gasteiger partial charge in [0.2, 0.25) is 5.88 Å². The number of nitrogens with one attached hydrogen (secondary N) is 1. The lowest BCUT2D eigenvalue weighted by molar-refractivity contribution is 0.0513. The third kappa shape index (κ3) is 4.10. The SMILES string of the molecule is O=C(NC1CCC(Oc2ccccn2)CC1)N1CCOCC1. The van der Waals surface area contributed by atoms with E-state index in [9.17, 15) is 4.79 Å². The van der Waals surface area contributed by atoms with E-state index in [4.69, 9.17) is 9.47 Å². The van der Waals surface area contributed by atoms with E-state index in [2.05, 4.69) is 10.3 Å². The molecule has 6 nitrogen and oxygen atoms in total. The van der Waals surface area contributed by atoms with E-state index in [1.165, 1.54) is 0 Å². The molecule has 0 aromatic carbocycles. The molecule has 0 bridgehead atoms. The molecule has 22 heavy (non-hydrogen) atoms. The molecule has 0 atom stereocenters. The number of carbonyl (C=O) groups excluding carboxylic acids is 1. The number of ether oxygens (including phenoxy) is 2. The van der Waals surface area contributed by atoms with E-state index >= 15 is 0 Å². The van der Waals surface area contributed by atoms with Crippen LogP contribution in [0.2, 0.25) is 0 Å². The van der Waals surface area contributed by atoms with Gasteiger partial charge in [-0.1, -0.05) is 6.07 Å². The van der Waals surface area contributed by atoms with Gasteiger partial charge >= 0.3 is 6.03 Å². The summed E-state index contributed by atoms with van der Waals surface area (Å²) in [5, 5.41) is 3.13. The van der Waals surface area contributed by atoms with Gasteiger partial charge in [0.1, 0.15) is 6.10 Å². The van der Waals surface area contributed by atoms with Crippen LogP contribution in [-0.2, 0) is 4.74 Å². The first-order valence-electron chi connectivity index (χ1n) is 8.02. The number of hydrogen-bond acceptors (Lipinski definition) is 4. The van der Waals surface area contributed by atoms with Crippen molar-refractivity contribution in [3.63, 3.8) is 0 Å². The topological polar surface area (TPSA) is 63.7 Å². The Balaban J connectivity index is 1.40. The van der Waals surface area contributed by atoms with E-state index in [1.54, 1.807) is 6.20 Å². The number of urea groups is 1. The van der Waals surface area contributed by atoms with E-state index in [1.807, 2.05) is 23.1 Å². The first kappa shape index (κ1) is 15.1. The number of amides is 2. The Morgan fingerprint density at radius 3 is 2.68 bits per heavy atom. The van der Waals surface area contributed by atoms with Gasteiger partial charge in [-0.25, -0.2) is 9.78 Å². The smallest absolute Gasteiger partial charge is 0.317 e. The molecular weight excluding hydrogens is 282 g/mol. The zero-order chi connectivity index (χ0) is 15.2. The van der Waals surface area contributed by atoms with Crippen LogP contribution in [0.4, 0.5) is 4.79 Å². The van der Waals surface area contributed by atoms with Crippen molar-refractivity contribution in [1.29, 1.82) is 0 Å². The van der Waals surface area contributed by atoms with Crippen molar-refractivity contribution in [3.05, 3.63) is 24.4 Å². The quantitative estimate of drug-likeness (QED) is 0.925. The summed E-state index contributed by atoms with van der Waals surface area (Å²) < 4.78 is 11.1. The Kier molecular flexibility index (Phi) is 5.11. The van der Waals surface area contributed by atoms with Crippen LogP contribution in [0.1, 0.15) is 25.7 Å². The zero-order valence-electron chi connectivity index (χ0n) is 12.7. The molecule has 1 aliphatic heterocycles. The molecule has 2 fully saturated rings. The van der Waals surface area contributed by atoms with E-state index < -0.39 is 0 Å². The van der Waals surface area contributed by atoms with Gasteiger partial charge in [-0.15, -0.1) is 0 Å². The molecule has 1 aliphatic carbocycles. The fraction of sp³-hybridized carbons (Fsp3) is 0.625. The van der Waals surface area contributed by atoms with Crippen LogP contribution in [0.15, 0.2) is 24.4 Å². The summed E-state index contributed by atoms with van der Waals surface area (Å²) in [6, 6.07) is 5.98. The first-order valence-corrected chi connectivity index (χ1v) is 8.02. The van der Waals surface area contributed by atoms with Gasteiger partial charge in [-0.3, -0.25) is 0 Å². The van der Waals surface area contributed by atoms with Crippen LogP contribution in [0.3, 0.4) is 0 Å². The molecular formula is C16H23N3O3. The highest BCUT2D eigenvalue weighted by Gasteiger charge is 2.26. The number of pyridine rings is 1. The summed E-state index contributed by atoms with van der Waals surface area (Å²) in [4.78, 5) is 18.2. The highest BCUT2D eigenvalue weighted by Crippen LogP contribution is 2.22. The minimum absolute atomic E-state index is 0.0393. The van der Waals surface area contributed by atoms with Crippen molar-refractivity contribution in [2.75, 3.05) is 26.3 Å². The number of hydrogen-bond donors (Lipinski definition) is 1. The summed E-state index contributed by atoms with van der Waals surface area (Å²) in [7, 11) is 0. The van der Waals surface area contributed by atoms with E-state index in [0.29, 0.717) is 32.2 Å². The molecule has 2 aliphatic rings. The number of morpholine rings is 1. The van der Waals surface area contributed by atoms with Crippen molar-refractivity contribution in [1.82, 2.24) is 15.2 Å². The van der Waals surface area contributed by atoms with Crippen LogP contribution >= 0.6 is 0 Å². The van der Waals surface area contributed by atoms with E-state index in [-0.39, 0.29) is 18.2 Å². The third-order valence-corrected chi connectivity index (χ3v) is 4.23. The van der Waals surface area contributed by atoms with E-state index in [0.717, 1.165) is 25.7 Å². The maximum absolute atomic E-state index is 12.2. The number of carbonyl (C=O) groups is 1. The second-order valence-electron chi connectivity index (χ2n) is 5.81. The normalized spacial score (nSPS) is 25.5. The van der Waals surface area contributed by atoms with Crippen molar-refractivity contribution in [2.24, 2.45) is 0 Å². The Bertz CT molecular complexity index is 469. The minimum atomic E-state index is 0.0393. The van der Waals surface area contributed by atoms with Crippen LogP contribution in [0.5, 0.6) is 5.88 Å². The fourth-order valence-corrected chi connectivity index (χ4v) is 2.94. The third-order valence-electron chi connectivity index (χ3n) is 4.23. The summed E-state index contributed by atoms with van der Waals surface area (Å²) in [6.45, 7) is 2.64. The van der Waals surface area contributed by atoms with Crippen LogP contribution in [-0.4, -0.2) is 54.4 Å². The number of aromatic nitrogens is 1. The Morgan fingerprint density at radius 1 is 1.23 bits per heavy atom. The predicted molar refractivity (Wildman–Crippen MR) is 81.8 cm³/mol. The second kappa shape index (κ2) is 7.45. The number of nitrogens with zero attached hydrogens (tertiary/aromatic N) is 2. The van der Waals surface area contributed by atoms with Gasteiger partial charge in [-0.05, 0) is 31.7 Å². The molecule has 2 amide bonds. The maximum Gasteiger partial charge on any atom is 0.317 e. The second-order valence-corrected chi connectivity index (χ2v) is 5.81. The van der Waals surface area contributed by atoms with Gasteiger partial charge in [-0.2, -0.15) is 0 Å². The molecule has 1 aromatic rings. The maximum atomic E-state index is 12.2. The molecule has 1 N–H and O–H groups in total. The molecule has 1 aromatic heterocycles. The highest BCUT2D eigenvalue weighted by atomic mass is 16.5. The lowest BCUT2D eigenvalue weighted by Crippen LogP contribution is -2.50. The molecule has 0 spiro atoms. The van der Waals surface area contributed by atoms with Crippen molar-refractivity contribution >= 4 is 6.03 Å². The summed E-state index contributed by atoms with van der Waals surface area (Å²) in [5.74, 6) is 0.684. The Morgan fingerprint density at radius 2 is 2.00 bits per heavy atom. The lowest BCUT2D eigenvalue weighted by Gasteiger charge is -2.32. The lowest BCUT2D eigenvalue weighted by atomic mass is 9.93. The van der Waals surface area contributed by atoms with Crippen LogP contribution in [0, 0.1) is 0 Å². The monoisotopic (exact) mass is 305 g/mol. The van der Waals surface area contributed by atoms with Gasteiger partial charge in [0.25, 0.3) is 0 Å². The molecule has 0 unspecified atom stereocenters. The fourth-order valence-electron chi connectivity index (χ4n) is 2.94. The molecule has 0 radical (unpaired) electrons. The summed E-state index contributed by atoms with van der Waals surface area (Å²) in [6.07, 6.45) is 5.74. The Hall–Kier alpha value is -1.82. The molecule has 2 heterocycles. The van der Waals surface area contributed by atoms with Gasteiger partial charge in [0, 0.05) is 31.4 Å². The summed E-state index contributed by atoms with van der Waals surface area (Å²) >= 11 is 0. The zero-order valence-corrected chi connectivity index (χ0v) is 12.7. The van der Waals surface area contributed by atoms with Crippen molar-refractivity contribution in [3.8, 4) is 5.88 Å². The summed E-state index contributed by atoms with van der Waals surface area (Å²) in [5.41, 5.74) is 0. The first-order chi connectivity index (χ1) is 10.8. The Labute approximate surface area is 130 Å². The predicted octanol–water partition coefficient (Wildman–Crippen LogP) is 1.81. The molecule has 120 valence electrons. The van der Waals surface area contributed by atoms with Gasteiger partial charge in [0.05, 0.1) is 13.2 Å². The standard InChI is InChI=1S/C16H23N3O3/c20-16(19-9-11-21-12-10-19)18-13-4-6-14(7-5-13)22-15-3-1-2-8-17-15/h1-3,8,13-14H,4-7,9-12H2,(H,18,20). The average Bonchev–Trinajstić information content (AvgIpc) is 2.58. The molecule has 6 heteroatoms. The average molecular weight is 305 g/mol. The van der Waals surface area contributed by atoms with Gasteiger partial charge < -0.3 is 19.7 Å². The highest BCUT2D eigenvalue weighted by molar-refractivity contribution is 5.74. The number of rotatable bonds is 3. The minimum Gasteiger partial charge on any atom is -0.474 e. The van der Waals surface area contributed by atoms with Crippen molar-refractivity contribution < 1.29 is 14.3 Å². The van der Waals surface area contributed by atoms with Crippen molar-refractivity contribution in [2.45, 2.75) is 37.8 Å². The largest absolute Gasteiger partial charge is 0.474 e. The van der Waals surface area contributed by atoms with Crippen LogP contribution in [0.25, 0.3) is 0 Å². The molecule has 1 saturated carbocycles. The molecule has 3 rings (SSSR count). The van der Waals surface area contributed by atoms with Crippen LogP contribution < -0.4 is 10.1 Å².